The molecule has 0 aliphatic rings. The van der Waals surface area contributed by atoms with E-state index < -0.39 is 11.6 Å². The number of halogens is 3. The molecule has 1 atom stereocenters. The second-order valence-electron chi connectivity index (χ2n) is 3.69. The van der Waals surface area contributed by atoms with Crippen molar-refractivity contribution < 1.29 is 13.5 Å². The van der Waals surface area contributed by atoms with Gasteiger partial charge in [-0.05, 0) is 27.9 Å². The topological polar surface area (TPSA) is 21.3 Å². The summed E-state index contributed by atoms with van der Waals surface area (Å²) in [5.41, 5.74) is 0.282. The normalized spacial score (nSPS) is 12.6. The summed E-state index contributed by atoms with van der Waals surface area (Å²) < 4.78 is 31.5. The molecule has 2 nitrogen and oxygen atoms in total. The maximum absolute atomic E-state index is 13.4. The van der Waals surface area contributed by atoms with Crippen molar-refractivity contribution in [1.29, 1.82) is 0 Å². The first-order valence-corrected chi connectivity index (χ1v) is 5.71. The largest absolute Gasteiger partial charge is 0.384 e. The summed E-state index contributed by atoms with van der Waals surface area (Å²) in [5, 5.41) is 2.92. The van der Waals surface area contributed by atoms with Gasteiger partial charge in [-0.15, -0.1) is 0 Å². The average molecular weight is 294 g/mol. The van der Waals surface area contributed by atoms with Crippen molar-refractivity contribution in [2.24, 2.45) is 5.92 Å². The zero-order chi connectivity index (χ0) is 12.1. The molecule has 0 amide bonds. The fraction of sp³-hybridized carbons (Fsp3) is 0.455. The highest BCUT2D eigenvalue weighted by molar-refractivity contribution is 9.10. The monoisotopic (exact) mass is 293 g/mol. The predicted molar refractivity (Wildman–Crippen MR) is 63.6 cm³/mol. The van der Waals surface area contributed by atoms with Crippen LogP contribution in [0.15, 0.2) is 16.6 Å². The van der Waals surface area contributed by atoms with Gasteiger partial charge >= 0.3 is 0 Å². The Balaban J connectivity index is 2.67. The molecule has 16 heavy (non-hydrogen) atoms. The van der Waals surface area contributed by atoms with Crippen LogP contribution in [0.5, 0.6) is 0 Å². The molecular formula is C11H14BrF2NO. The fourth-order valence-electron chi connectivity index (χ4n) is 1.33. The minimum Gasteiger partial charge on any atom is -0.384 e. The van der Waals surface area contributed by atoms with Gasteiger partial charge < -0.3 is 10.1 Å². The van der Waals surface area contributed by atoms with Crippen molar-refractivity contribution in [3.63, 3.8) is 0 Å². The molecule has 0 spiro atoms. The van der Waals surface area contributed by atoms with Crippen LogP contribution in [-0.2, 0) is 4.74 Å². The van der Waals surface area contributed by atoms with Gasteiger partial charge in [0, 0.05) is 24.2 Å². The van der Waals surface area contributed by atoms with Crippen molar-refractivity contribution in [2.45, 2.75) is 6.92 Å². The van der Waals surface area contributed by atoms with E-state index in [1.54, 1.807) is 7.11 Å². The van der Waals surface area contributed by atoms with Gasteiger partial charge in [0.1, 0.15) is 11.6 Å². The average Bonchev–Trinajstić information content (AvgIpc) is 2.16. The molecule has 0 saturated carbocycles. The summed E-state index contributed by atoms with van der Waals surface area (Å²) in [6.45, 7) is 3.13. The SMILES string of the molecule is COCC(C)CNc1c(F)cc(F)cc1Br. The van der Waals surface area contributed by atoms with E-state index in [-0.39, 0.29) is 11.6 Å². The van der Waals surface area contributed by atoms with E-state index in [4.69, 9.17) is 4.74 Å². The van der Waals surface area contributed by atoms with Crippen LogP contribution >= 0.6 is 15.9 Å². The summed E-state index contributed by atoms with van der Waals surface area (Å²) in [7, 11) is 1.62. The number of nitrogens with one attached hydrogen (secondary N) is 1. The highest BCUT2D eigenvalue weighted by Crippen LogP contribution is 2.26. The first-order chi connectivity index (χ1) is 7.54. The molecule has 0 fully saturated rings. The maximum Gasteiger partial charge on any atom is 0.150 e. The van der Waals surface area contributed by atoms with Crippen LogP contribution in [0.2, 0.25) is 0 Å². The second-order valence-corrected chi connectivity index (χ2v) is 4.54. The summed E-state index contributed by atoms with van der Waals surface area (Å²) >= 11 is 3.11. The molecule has 0 bridgehead atoms. The van der Waals surface area contributed by atoms with E-state index >= 15 is 0 Å². The Bertz CT molecular complexity index is 337. The number of anilines is 1. The van der Waals surface area contributed by atoms with Crippen molar-refractivity contribution in [3.05, 3.63) is 28.2 Å². The number of methoxy groups -OCH3 is 1. The Morgan fingerprint density at radius 2 is 2.12 bits per heavy atom. The summed E-state index contributed by atoms with van der Waals surface area (Å²) in [4.78, 5) is 0. The van der Waals surface area contributed by atoms with Crippen LogP contribution in [-0.4, -0.2) is 20.3 Å². The van der Waals surface area contributed by atoms with E-state index in [2.05, 4.69) is 21.2 Å². The van der Waals surface area contributed by atoms with Crippen LogP contribution in [0.1, 0.15) is 6.92 Å². The Morgan fingerprint density at radius 1 is 1.44 bits per heavy atom. The van der Waals surface area contributed by atoms with Crippen molar-refractivity contribution >= 4 is 21.6 Å². The molecule has 0 heterocycles. The van der Waals surface area contributed by atoms with Crippen LogP contribution in [0.3, 0.4) is 0 Å². The molecule has 0 radical (unpaired) electrons. The molecule has 0 aliphatic heterocycles. The zero-order valence-electron chi connectivity index (χ0n) is 9.19. The number of hydrogen-bond donors (Lipinski definition) is 1. The van der Waals surface area contributed by atoms with Crippen LogP contribution in [0.4, 0.5) is 14.5 Å². The quantitative estimate of drug-likeness (QED) is 0.898. The van der Waals surface area contributed by atoms with E-state index in [0.717, 1.165) is 6.07 Å². The van der Waals surface area contributed by atoms with E-state index in [0.29, 0.717) is 17.6 Å². The van der Waals surface area contributed by atoms with Crippen LogP contribution in [0, 0.1) is 17.6 Å². The van der Waals surface area contributed by atoms with Gasteiger partial charge in [0.2, 0.25) is 0 Å². The Kier molecular flexibility index (Phi) is 5.15. The van der Waals surface area contributed by atoms with Gasteiger partial charge in [-0.25, -0.2) is 8.78 Å². The standard InChI is InChI=1S/C11H14BrF2NO/c1-7(6-16-2)5-15-11-9(12)3-8(13)4-10(11)14/h3-4,7,15H,5-6H2,1-2H3. The lowest BCUT2D eigenvalue weighted by atomic mass is 10.2. The number of hydrogen-bond acceptors (Lipinski definition) is 2. The van der Waals surface area contributed by atoms with E-state index in [1.165, 1.54) is 6.07 Å². The van der Waals surface area contributed by atoms with Gasteiger partial charge in [0.25, 0.3) is 0 Å². The smallest absolute Gasteiger partial charge is 0.150 e. The Morgan fingerprint density at radius 3 is 2.69 bits per heavy atom. The van der Waals surface area contributed by atoms with Gasteiger partial charge in [-0.2, -0.15) is 0 Å². The van der Waals surface area contributed by atoms with Crippen molar-refractivity contribution in [3.8, 4) is 0 Å². The van der Waals surface area contributed by atoms with E-state index in [9.17, 15) is 8.78 Å². The minimum absolute atomic E-state index is 0.251. The number of rotatable bonds is 5. The molecule has 90 valence electrons. The fourth-order valence-corrected chi connectivity index (χ4v) is 1.88. The summed E-state index contributed by atoms with van der Waals surface area (Å²) in [5.74, 6) is -0.947. The third-order valence-corrected chi connectivity index (χ3v) is 2.71. The Hall–Kier alpha value is -0.680. The number of ether oxygens (including phenoxy) is 1. The molecule has 0 aromatic heterocycles. The maximum atomic E-state index is 13.4. The second kappa shape index (κ2) is 6.15. The lowest BCUT2D eigenvalue weighted by Gasteiger charge is -2.14. The van der Waals surface area contributed by atoms with Crippen molar-refractivity contribution in [2.75, 3.05) is 25.6 Å². The lowest BCUT2D eigenvalue weighted by molar-refractivity contribution is 0.164. The molecule has 1 N–H and O–H groups in total. The molecular weight excluding hydrogens is 280 g/mol. The molecule has 5 heteroatoms. The lowest BCUT2D eigenvalue weighted by Crippen LogP contribution is -2.16. The first-order valence-electron chi connectivity index (χ1n) is 4.92. The third kappa shape index (κ3) is 3.72. The van der Waals surface area contributed by atoms with Gasteiger partial charge in [0.05, 0.1) is 12.3 Å². The van der Waals surface area contributed by atoms with E-state index in [1.807, 2.05) is 6.92 Å². The predicted octanol–water partition coefficient (Wildman–Crippen LogP) is 3.42. The van der Waals surface area contributed by atoms with Crippen LogP contribution in [0.25, 0.3) is 0 Å². The minimum atomic E-state index is -0.600. The van der Waals surface area contributed by atoms with Gasteiger partial charge in [-0.3, -0.25) is 0 Å². The molecule has 1 aromatic rings. The molecule has 1 aromatic carbocycles. The van der Waals surface area contributed by atoms with Crippen molar-refractivity contribution in [1.82, 2.24) is 0 Å². The first kappa shape index (κ1) is 13.4. The van der Waals surface area contributed by atoms with Gasteiger partial charge in [0.15, 0.2) is 0 Å². The summed E-state index contributed by atoms with van der Waals surface area (Å²) in [6, 6.07) is 2.08. The van der Waals surface area contributed by atoms with Gasteiger partial charge in [-0.1, -0.05) is 6.92 Å². The Labute approximate surface area is 102 Å². The number of benzene rings is 1. The zero-order valence-corrected chi connectivity index (χ0v) is 10.8. The third-order valence-electron chi connectivity index (χ3n) is 2.09. The molecule has 1 unspecified atom stereocenters. The molecule has 0 aliphatic carbocycles. The van der Waals surface area contributed by atoms with Crippen LogP contribution < -0.4 is 5.32 Å². The highest BCUT2D eigenvalue weighted by atomic mass is 79.9. The highest BCUT2D eigenvalue weighted by Gasteiger charge is 2.10. The molecule has 0 saturated heterocycles. The summed E-state index contributed by atoms with van der Waals surface area (Å²) in [6.07, 6.45) is 0. The molecule has 1 rings (SSSR count).